The van der Waals surface area contributed by atoms with Crippen LogP contribution in [0.4, 0.5) is 0 Å². The Kier molecular flexibility index (Phi) is 6.40. The summed E-state index contributed by atoms with van der Waals surface area (Å²) in [5.41, 5.74) is 0. The van der Waals surface area contributed by atoms with Crippen LogP contribution >= 0.6 is 23.2 Å². The molecule has 2 rings (SSSR count). The van der Waals surface area contributed by atoms with E-state index in [2.05, 4.69) is 24.3 Å². The van der Waals surface area contributed by atoms with E-state index in [1.165, 1.54) is 7.22 Å². The van der Waals surface area contributed by atoms with Gasteiger partial charge in [0.2, 0.25) is 0 Å². The van der Waals surface area contributed by atoms with Crippen LogP contribution in [0.25, 0.3) is 0 Å². The van der Waals surface area contributed by atoms with Crippen molar-refractivity contribution in [2.75, 3.05) is 0 Å². The Labute approximate surface area is 138 Å². The zero-order chi connectivity index (χ0) is 12.8. The standard InChI is InChI=1S/C14H10Cl2Te2/c15-13(17-11-7-3-1-4-8-11)14(16)18-12-9-5-2-6-10-12/h1-10H. The number of rotatable bonds is 4. The summed E-state index contributed by atoms with van der Waals surface area (Å²) < 4.78 is 4.46. The van der Waals surface area contributed by atoms with Crippen molar-refractivity contribution in [2.24, 2.45) is 0 Å². The molecule has 0 aliphatic rings. The number of halogens is 2. The number of hydrogen-bond donors (Lipinski definition) is 0. The summed E-state index contributed by atoms with van der Waals surface area (Å²) in [5, 5.41) is 0. The van der Waals surface area contributed by atoms with Crippen molar-refractivity contribution in [1.29, 1.82) is 0 Å². The molecule has 18 heavy (non-hydrogen) atoms. The van der Waals surface area contributed by atoms with E-state index in [1.807, 2.05) is 36.4 Å². The molecule has 4 heteroatoms. The Morgan fingerprint density at radius 3 is 1.28 bits per heavy atom. The molecule has 0 spiro atoms. The number of hydrogen-bond acceptors (Lipinski definition) is 0. The molecule has 2 aromatic rings. The Balaban J connectivity index is 2.06. The molecule has 0 amide bonds. The average Bonchev–Trinajstić information content (AvgIpc) is 2.41. The molecule has 0 aliphatic carbocycles. The summed E-state index contributed by atoms with van der Waals surface area (Å²) in [6.07, 6.45) is 0. The van der Waals surface area contributed by atoms with Crippen LogP contribution < -0.4 is 7.22 Å². The van der Waals surface area contributed by atoms with Crippen molar-refractivity contribution in [1.82, 2.24) is 0 Å². The zero-order valence-corrected chi connectivity index (χ0v) is 15.5. The van der Waals surface area contributed by atoms with Gasteiger partial charge in [-0.1, -0.05) is 0 Å². The first-order valence-corrected chi connectivity index (χ1v) is 10.7. The fraction of sp³-hybridized carbons (Fsp3) is 0. The van der Waals surface area contributed by atoms with Gasteiger partial charge in [0.05, 0.1) is 0 Å². The molecule has 2 aromatic carbocycles. The van der Waals surface area contributed by atoms with Crippen LogP contribution in [0.1, 0.15) is 0 Å². The molecule has 0 saturated heterocycles. The van der Waals surface area contributed by atoms with Crippen molar-refractivity contribution in [3.05, 3.63) is 66.8 Å². The van der Waals surface area contributed by atoms with Gasteiger partial charge in [0.1, 0.15) is 0 Å². The van der Waals surface area contributed by atoms with Crippen LogP contribution in [0.2, 0.25) is 0 Å². The third kappa shape index (κ3) is 4.79. The minimum absolute atomic E-state index is 0.520. The summed E-state index contributed by atoms with van der Waals surface area (Å²) >= 11 is 11.7. The summed E-state index contributed by atoms with van der Waals surface area (Å²) in [6, 6.07) is 20.7. The van der Waals surface area contributed by atoms with Gasteiger partial charge in [0, 0.05) is 0 Å². The van der Waals surface area contributed by atoms with E-state index in [-0.39, 0.29) is 0 Å². The van der Waals surface area contributed by atoms with Crippen LogP contribution in [0.5, 0.6) is 0 Å². The Morgan fingerprint density at radius 1 is 0.611 bits per heavy atom. The Bertz CT molecular complexity index is 475. The second-order valence-electron chi connectivity index (χ2n) is 3.38. The van der Waals surface area contributed by atoms with E-state index in [1.54, 1.807) is 0 Å². The summed E-state index contributed by atoms with van der Waals surface area (Å²) in [5.74, 6) is 0. The quantitative estimate of drug-likeness (QED) is 0.562. The maximum absolute atomic E-state index is 6.35. The minimum atomic E-state index is -0.520. The molecule has 0 aliphatic heterocycles. The molecule has 0 bridgehead atoms. The molecule has 0 radical (unpaired) electrons. The van der Waals surface area contributed by atoms with E-state index in [0.29, 0.717) is 0 Å². The molecular formula is C14H10Cl2Te2. The van der Waals surface area contributed by atoms with Gasteiger partial charge in [0.25, 0.3) is 0 Å². The van der Waals surface area contributed by atoms with Gasteiger partial charge in [0.15, 0.2) is 0 Å². The molecule has 0 heterocycles. The SMILES string of the molecule is ClC([Te]c1ccccc1)=C(Cl)[Te]c1ccccc1. The maximum atomic E-state index is 6.35. The summed E-state index contributed by atoms with van der Waals surface area (Å²) in [4.78, 5) is 0. The van der Waals surface area contributed by atoms with Gasteiger partial charge in [-0.3, -0.25) is 0 Å². The van der Waals surface area contributed by atoms with Gasteiger partial charge in [-0.2, -0.15) is 0 Å². The summed E-state index contributed by atoms with van der Waals surface area (Å²) in [7, 11) is 0. The molecule has 0 nitrogen and oxygen atoms in total. The van der Waals surface area contributed by atoms with E-state index >= 15 is 0 Å². The molecule has 0 atom stereocenters. The third-order valence-corrected chi connectivity index (χ3v) is 10.6. The van der Waals surface area contributed by atoms with Gasteiger partial charge < -0.3 is 0 Å². The average molecular weight is 504 g/mol. The van der Waals surface area contributed by atoms with Crippen molar-refractivity contribution < 1.29 is 0 Å². The third-order valence-electron chi connectivity index (χ3n) is 2.06. The van der Waals surface area contributed by atoms with Crippen molar-refractivity contribution in [3.63, 3.8) is 0 Å². The van der Waals surface area contributed by atoms with E-state index in [4.69, 9.17) is 23.2 Å². The zero-order valence-electron chi connectivity index (χ0n) is 9.35. The van der Waals surface area contributed by atoms with Crippen molar-refractivity contribution in [2.45, 2.75) is 0 Å². The van der Waals surface area contributed by atoms with Gasteiger partial charge in [-0.15, -0.1) is 0 Å². The van der Waals surface area contributed by atoms with Crippen LogP contribution in [-0.2, 0) is 0 Å². The molecule has 0 saturated carbocycles. The molecule has 0 fully saturated rings. The first-order valence-electron chi connectivity index (χ1n) is 5.27. The van der Waals surface area contributed by atoms with E-state index in [0.717, 1.165) is 6.16 Å². The second-order valence-corrected chi connectivity index (χ2v) is 11.7. The molecular weight excluding hydrogens is 494 g/mol. The molecule has 0 aromatic heterocycles. The van der Waals surface area contributed by atoms with Crippen LogP contribution in [0, 0.1) is 0 Å². The first kappa shape index (κ1) is 14.7. The fourth-order valence-electron chi connectivity index (χ4n) is 1.26. The monoisotopic (exact) mass is 508 g/mol. The van der Waals surface area contributed by atoms with Crippen LogP contribution in [0.15, 0.2) is 66.8 Å². The van der Waals surface area contributed by atoms with Gasteiger partial charge in [-0.05, 0) is 0 Å². The van der Waals surface area contributed by atoms with Gasteiger partial charge >= 0.3 is 139 Å². The van der Waals surface area contributed by atoms with Crippen LogP contribution in [0.3, 0.4) is 0 Å². The Morgan fingerprint density at radius 2 is 0.944 bits per heavy atom. The second kappa shape index (κ2) is 7.81. The van der Waals surface area contributed by atoms with Crippen LogP contribution in [-0.4, -0.2) is 41.8 Å². The first-order chi connectivity index (χ1) is 8.75. The predicted octanol–water partition coefficient (Wildman–Crippen LogP) is 2.65. The van der Waals surface area contributed by atoms with Gasteiger partial charge in [-0.25, -0.2) is 0 Å². The van der Waals surface area contributed by atoms with E-state index in [9.17, 15) is 0 Å². The summed E-state index contributed by atoms with van der Waals surface area (Å²) in [6.45, 7) is 0. The van der Waals surface area contributed by atoms with Crippen molar-refractivity contribution >= 4 is 72.3 Å². The number of benzene rings is 2. The topological polar surface area (TPSA) is 0 Å². The molecule has 92 valence electrons. The molecule has 0 N–H and O–H groups in total. The fourth-order valence-corrected chi connectivity index (χ4v) is 7.89. The normalized spacial score (nSPS) is 12.1. The molecule has 0 unspecified atom stereocenters. The van der Waals surface area contributed by atoms with E-state index < -0.39 is 41.8 Å². The predicted molar refractivity (Wildman–Crippen MR) is 82.4 cm³/mol. The van der Waals surface area contributed by atoms with Crippen molar-refractivity contribution in [3.8, 4) is 0 Å². The Hall–Kier alpha value is 0.339.